The molecular formula is C8H19BrMgOSi. The molecule has 0 spiro atoms. The Morgan fingerprint density at radius 3 is 1.92 bits per heavy atom. The minimum Gasteiger partial charge on any atom is -1.00 e. The van der Waals surface area contributed by atoms with Gasteiger partial charge in [0, 0.05) is 0 Å². The third-order valence-corrected chi connectivity index (χ3v) is 2.88. The van der Waals surface area contributed by atoms with Crippen molar-refractivity contribution < 1.29 is 21.4 Å². The normalized spacial score (nSPS) is 12.6. The molecule has 70 valence electrons. The molecule has 0 saturated heterocycles. The Hall–Kier alpha value is 1.42. The monoisotopic (exact) mass is 262 g/mol. The van der Waals surface area contributed by atoms with E-state index in [2.05, 4.69) is 33.5 Å². The molecule has 0 unspecified atom stereocenters. The van der Waals surface area contributed by atoms with Gasteiger partial charge in [0.25, 0.3) is 0 Å². The zero-order valence-corrected chi connectivity index (χ0v) is 12.9. The summed E-state index contributed by atoms with van der Waals surface area (Å²) in [6, 6.07) is 0. The molecule has 12 heavy (non-hydrogen) atoms. The zero-order chi connectivity index (χ0) is 9.12. The predicted molar refractivity (Wildman–Crippen MR) is 53.7 cm³/mol. The van der Waals surface area contributed by atoms with Crippen LogP contribution in [0.4, 0.5) is 0 Å². The molecule has 0 radical (unpaired) electrons. The van der Waals surface area contributed by atoms with Gasteiger partial charge in [0.1, 0.15) is 0 Å². The molecule has 0 aromatic rings. The van der Waals surface area contributed by atoms with Gasteiger partial charge in [-0.2, -0.15) is 0 Å². The second-order valence-electron chi connectivity index (χ2n) is 4.58. The summed E-state index contributed by atoms with van der Waals surface area (Å²) >= 11 is 2.02. The molecule has 0 saturated carbocycles. The molecule has 0 fully saturated rings. The Labute approximate surface area is 101 Å². The Morgan fingerprint density at radius 2 is 1.67 bits per heavy atom. The van der Waals surface area contributed by atoms with Crippen LogP contribution in [-0.4, -0.2) is 35.6 Å². The summed E-state index contributed by atoms with van der Waals surface area (Å²) < 4.78 is 7.24. The first-order chi connectivity index (χ1) is 4.77. The van der Waals surface area contributed by atoms with Gasteiger partial charge in [-0.1, -0.05) is 0 Å². The fraction of sp³-hybridized carbons (Fsp3) is 1.00. The van der Waals surface area contributed by atoms with Crippen LogP contribution in [0.5, 0.6) is 0 Å². The van der Waals surface area contributed by atoms with Crippen molar-refractivity contribution in [2.75, 3.05) is 0 Å². The first-order valence-electron chi connectivity index (χ1n) is 4.26. The number of hydrogen-bond donors (Lipinski definition) is 0. The molecule has 0 aromatic heterocycles. The molecule has 1 nitrogen and oxygen atoms in total. The van der Waals surface area contributed by atoms with Crippen LogP contribution in [0.15, 0.2) is 0 Å². The summed E-state index contributed by atoms with van der Waals surface area (Å²) in [6.07, 6.45) is 1.18. The summed E-state index contributed by atoms with van der Waals surface area (Å²) in [4.78, 5) is 0. The van der Waals surface area contributed by atoms with Crippen molar-refractivity contribution in [3.05, 3.63) is 0 Å². The fourth-order valence-corrected chi connectivity index (χ4v) is 3.92. The summed E-state index contributed by atoms with van der Waals surface area (Å²) in [7, 11) is -1.33. The molecule has 0 N–H and O–H groups in total. The van der Waals surface area contributed by atoms with Gasteiger partial charge in [0.15, 0.2) is 0 Å². The smallest absolute Gasteiger partial charge is 1.00 e. The van der Waals surface area contributed by atoms with Gasteiger partial charge in [-0.05, 0) is 0 Å². The molecular weight excluding hydrogens is 244 g/mol. The third-order valence-electron chi connectivity index (χ3n) is 1.36. The maximum atomic E-state index is 6.01. The van der Waals surface area contributed by atoms with Crippen molar-refractivity contribution in [1.29, 1.82) is 0 Å². The van der Waals surface area contributed by atoms with Crippen molar-refractivity contribution >= 4 is 30.0 Å². The summed E-state index contributed by atoms with van der Waals surface area (Å²) in [5.74, 6) is 0. The molecule has 0 aliphatic rings. The van der Waals surface area contributed by atoms with Crippen LogP contribution in [0.25, 0.3) is 0 Å². The number of halogens is 1. The Morgan fingerprint density at radius 1 is 1.25 bits per heavy atom. The Balaban J connectivity index is 0. The van der Waals surface area contributed by atoms with Gasteiger partial charge < -0.3 is 17.0 Å². The maximum absolute atomic E-state index is 6.01. The van der Waals surface area contributed by atoms with E-state index in [0.29, 0.717) is 0 Å². The molecule has 0 aliphatic carbocycles. The van der Waals surface area contributed by atoms with Gasteiger partial charge in [-0.25, -0.2) is 0 Å². The molecule has 0 bridgehead atoms. The molecule has 0 rings (SSSR count). The number of rotatable bonds is 4. The summed E-state index contributed by atoms with van der Waals surface area (Å²) in [5, 5.41) is 0. The second-order valence-corrected chi connectivity index (χ2v) is 9.71. The van der Waals surface area contributed by atoms with Crippen LogP contribution in [-0.2, 0) is 4.43 Å². The van der Waals surface area contributed by atoms with Crippen LogP contribution >= 0.6 is 0 Å². The minimum atomic E-state index is -1.33. The van der Waals surface area contributed by atoms with E-state index < -0.39 is 8.32 Å². The standard InChI is InChI=1S/C8H19OSi.BrH.Mg/c1-7-8(2,3)9-10(4,5)6;;/h1,7H2,2-6H3;1H;/q;;+1/p-1. The van der Waals surface area contributed by atoms with Gasteiger partial charge in [-0.15, -0.1) is 0 Å². The quantitative estimate of drug-likeness (QED) is 0.627. The number of hydrogen-bond acceptors (Lipinski definition) is 1. The predicted octanol–water partition coefficient (Wildman–Crippen LogP) is -0.403. The van der Waals surface area contributed by atoms with E-state index in [4.69, 9.17) is 4.43 Å². The van der Waals surface area contributed by atoms with Crippen molar-refractivity contribution in [3.63, 3.8) is 0 Å². The van der Waals surface area contributed by atoms with Crippen LogP contribution in [0, 0.1) is 0 Å². The third kappa shape index (κ3) is 9.51. The van der Waals surface area contributed by atoms with E-state index in [0.717, 1.165) is 0 Å². The molecule has 0 aromatic carbocycles. The SMILES string of the molecule is CC(C)(C[CH2][Mg+])O[Si](C)(C)C.[Br-]. The first-order valence-corrected chi connectivity index (χ1v) is 8.67. The largest absolute Gasteiger partial charge is 1.00 e. The average Bonchev–Trinajstić information content (AvgIpc) is 1.55. The van der Waals surface area contributed by atoms with E-state index in [1.165, 1.54) is 11.0 Å². The van der Waals surface area contributed by atoms with Crippen LogP contribution in [0.1, 0.15) is 20.3 Å². The van der Waals surface area contributed by atoms with Crippen LogP contribution in [0.2, 0.25) is 24.2 Å². The molecule has 0 heterocycles. The van der Waals surface area contributed by atoms with E-state index in [9.17, 15) is 0 Å². The van der Waals surface area contributed by atoms with Crippen LogP contribution in [0.3, 0.4) is 0 Å². The molecule has 0 aliphatic heterocycles. The topological polar surface area (TPSA) is 9.23 Å². The van der Waals surface area contributed by atoms with E-state index in [-0.39, 0.29) is 22.6 Å². The van der Waals surface area contributed by atoms with Gasteiger partial charge in [-0.3, -0.25) is 0 Å². The summed E-state index contributed by atoms with van der Waals surface area (Å²) in [6.45, 7) is 11.1. The van der Waals surface area contributed by atoms with Gasteiger partial charge in [0.2, 0.25) is 0 Å². The Kier molecular flexibility index (Phi) is 7.95. The van der Waals surface area contributed by atoms with Crippen LogP contribution < -0.4 is 17.0 Å². The van der Waals surface area contributed by atoms with Gasteiger partial charge >= 0.3 is 84.5 Å². The second kappa shape index (κ2) is 6.01. The van der Waals surface area contributed by atoms with Crippen molar-refractivity contribution in [1.82, 2.24) is 0 Å². The van der Waals surface area contributed by atoms with Gasteiger partial charge in [0.05, 0.1) is 0 Å². The summed E-state index contributed by atoms with van der Waals surface area (Å²) in [5.41, 5.74) is 0.103. The fourth-order valence-electron chi connectivity index (χ4n) is 1.31. The minimum absolute atomic E-state index is 0. The van der Waals surface area contributed by atoms with Crippen molar-refractivity contribution in [2.45, 2.75) is 50.1 Å². The molecule has 0 atom stereocenters. The van der Waals surface area contributed by atoms with E-state index in [1.54, 1.807) is 0 Å². The zero-order valence-electron chi connectivity index (χ0n) is 8.91. The average molecular weight is 264 g/mol. The van der Waals surface area contributed by atoms with E-state index in [1.807, 2.05) is 21.7 Å². The first kappa shape index (κ1) is 15.9. The Bertz CT molecular complexity index is 123. The maximum Gasteiger partial charge on any atom is -1.00 e. The van der Waals surface area contributed by atoms with Crippen molar-refractivity contribution in [3.8, 4) is 0 Å². The molecule has 4 heteroatoms. The van der Waals surface area contributed by atoms with Crippen molar-refractivity contribution in [2.24, 2.45) is 0 Å². The van der Waals surface area contributed by atoms with E-state index >= 15 is 0 Å². The molecule has 0 amide bonds.